The largest absolute Gasteiger partial charge is 0.456 e. The summed E-state index contributed by atoms with van der Waals surface area (Å²) in [6, 6.07) is 5.28. The molecule has 0 saturated heterocycles. The molecule has 0 heterocycles. The zero-order chi connectivity index (χ0) is 18.9. The van der Waals surface area contributed by atoms with Gasteiger partial charge in [0.1, 0.15) is 5.82 Å². The van der Waals surface area contributed by atoms with Crippen LogP contribution in [0.4, 0.5) is 10.1 Å². The number of primary amides is 1. The molecule has 0 aliphatic heterocycles. The van der Waals surface area contributed by atoms with Crippen molar-refractivity contribution in [1.82, 2.24) is 0 Å². The van der Waals surface area contributed by atoms with Gasteiger partial charge in [-0.1, -0.05) is 25.7 Å². The van der Waals surface area contributed by atoms with Gasteiger partial charge in [-0.15, -0.1) is 0 Å². The summed E-state index contributed by atoms with van der Waals surface area (Å²) in [5.41, 5.74) is 5.56. The van der Waals surface area contributed by atoms with Gasteiger partial charge < -0.3 is 15.4 Å². The van der Waals surface area contributed by atoms with Crippen LogP contribution in [0.3, 0.4) is 0 Å². The number of hydrogen-bond donors (Lipinski definition) is 1. The maximum atomic E-state index is 13.1. The quantitative estimate of drug-likeness (QED) is 0.682. The van der Waals surface area contributed by atoms with Gasteiger partial charge in [0.2, 0.25) is 5.91 Å². The van der Waals surface area contributed by atoms with Gasteiger partial charge in [0.05, 0.1) is 0 Å². The molecule has 0 spiro atoms. The Balaban J connectivity index is 1.87. The van der Waals surface area contributed by atoms with Crippen molar-refractivity contribution < 1.29 is 23.5 Å². The summed E-state index contributed by atoms with van der Waals surface area (Å²) in [5, 5.41) is 0. The van der Waals surface area contributed by atoms with E-state index in [4.69, 9.17) is 10.5 Å². The van der Waals surface area contributed by atoms with Crippen LogP contribution in [0.25, 0.3) is 0 Å². The van der Waals surface area contributed by atoms with Crippen LogP contribution in [0.2, 0.25) is 0 Å². The van der Waals surface area contributed by atoms with E-state index in [0.29, 0.717) is 18.0 Å². The molecule has 1 aliphatic rings. The Labute approximate surface area is 152 Å². The van der Waals surface area contributed by atoms with Crippen molar-refractivity contribution >= 4 is 23.5 Å². The third kappa shape index (κ3) is 6.46. The molecule has 0 atom stereocenters. The summed E-state index contributed by atoms with van der Waals surface area (Å²) in [6.45, 7) is -0.376. The fraction of sp³-hybridized carbons (Fsp3) is 0.526. The molecule has 1 saturated carbocycles. The Morgan fingerprint density at radius 2 is 1.77 bits per heavy atom. The average Bonchev–Trinajstić information content (AvgIpc) is 3.13. The van der Waals surface area contributed by atoms with Gasteiger partial charge in [0.15, 0.2) is 6.61 Å². The molecule has 142 valence electrons. The predicted octanol–water partition coefficient (Wildman–Crippen LogP) is 2.55. The minimum atomic E-state index is -0.557. The van der Waals surface area contributed by atoms with Crippen molar-refractivity contribution in [3.8, 4) is 0 Å². The van der Waals surface area contributed by atoms with Crippen molar-refractivity contribution in [2.24, 2.45) is 11.7 Å². The summed E-state index contributed by atoms with van der Waals surface area (Å²) in [7, 11) is 0. The molecule has 0 bridgehead atoms. The zero-order valence-electron chi connectivity index (χ0n) is 14.8. The van der Waals surface area contributed by atoms with Gasteiger partial charge in [-0.05, 0) is 36.6 Å². The molecule has 2 N–H and O–H groups in total. The fourth-order valence-corrected chi connectivity index (χ4v) is 3.15. The number of hydrogen-bond acceptors (Lipinski definition) is 4. The summed E-state index contributed by atoms with van der Waals surface area (Å²) in [5.74, 6) is -1.30. The number of benzene rings is 1. The number of carbonyl (C=O) groups excluding carboxylic acids is 3. The van der Waals surface area contributed by atoms with Crippen LogP contribution >= 0.6 is 0 Å². The van der Waals surface area contributed by atoms with Gasteiger partial charge >= 0.3 is 5.97 Å². The Bertz CT molecular complexity index is 627. The van der Waals surface area contributed by atoms with Crippen LogP contribution in [0.1, 0.15) is 44.9 Å². The smallest absolute Gasteiger partial charge is 0.306 e. The molecule has 1 fully saturated rings. The average molecular weight is 364 g/mol. The molecule has 26 heavy (non-hydrogen) atoms. The number of halogens is 1. The Hall–Kier alpha value is -2.44. The standard InChI is InChI=1S/C19H25FN2O4/c20-15-6-8-16(9-7-15)22(12-11-17(21)23)18(24)13-26-19(25)10-5-14-3-1-2-4-14/h6-9,14H,1-5,10-13H2,(H2,21,23). The number of nitrogens with zero attached hydrogens (tertiary/aromatic N) is 1. The van der Waals surface area contributed by atoms with E-state index in [1.165, 1.54) is 42.0 Å². The number of esters is 1. The van der Waals surface area contributed by atoms with Gasteiger partial charge in [0, 0.05) is 25.1 Å². The van der Waals surface area contributed by atoms with E-state index >= 15 is 0 Å². The first-order chi connectivity index (χ1) is 12.5. The monoisotopic (exact) mass is 364 g/mol. The first-order valence-corrected chi connectivity index (χ1v) is 8.95. The molecule has 1 aromatic rings. The summed E-state index contributed by atoms with van der Waals surface area (Å²) in [4.78, 5) is 36.6. The lowest BCUT2D eigenvalue weighted by molar-refractivity contribution is -0.148. The van der Waals surface area contributed by atoms with Crippen molar-refractivity contribution in [2.45, 2.75) is 44.9 Å². The lowest BCUT2D eigenvalue weighted by atomic mass is 10.0. The topological polar surface area (TPSA) is 89.7 Å². The molecule has 0 radical (unpaired) electrons. The van der Waals surface area contributed by atoms with Gasteiger partial charge in [-0.2, -0.15) is 0 Å². The first-order valence-electron chi connectivity index (χ1n) is 8.95. The maximum Gasteiger partial charge on any atom is 0.306 e. The second kappa shape index (κ2) is 9.89. The zero-order valence-corrected chi connectivity index (χ0v) is 14.8. The van der Waals surface area contributed by atoms with Crippen molar-refractivity contribution in [3.05, 3.63) is 30.1 Å². The van der Waals surface area contributed by atoms with Crippen LogP contribution in [0, 0.1) is 11.7 Å². The minimum absolute atomic E-state index is 0.0411. The van der Waals surface area contributed by atoms with E-state index in [1.54, 1.807) is 0 Å². The highest BCUT2D eigenvalue weighted by atomic mass is 19.1. The molecule has 0 aromatic heterocycles. The van der Waals surface area contributed by atoms with E-state index < -0.39 is 30.2 Å². The molecular weight excluding hydrogens is 339 g/mol. The molecule has 1 aromatic carbocycles. The first kappa shape index (κ1) is 19.9. The number of carbonyl (C=O) groups is 3. The van der Waals surface area contributed by atoms with Gasteiger partial charge in [-0.25, -0.2) is 4.39 Å². The van der Waals surface area contributed by atoms with Crippen molar-refractivity contribution in [3.63, 3.8) is 0 Å². The van der Waals surface area contributed by atoms with Crippen LogP contribution in [0.15, 0.2) is 24.3 Å². The summed E-state index contributed by atoms with van der Waals surface area (Å²) < 4.78 is 18.2. The number of ether oxygens (including phenoxy) is 1. The highest BCUT2D eigenvalue weighted by Gasteiger charge is 2.20. The SMILES string of the molecule is NC(=O)CCN(C(=O)COC(=O)CCC1CCCC1)c1ccc(F)cc1. The van der Waals surface area contributed by atoms with Crippen LogP contribution in [0.5, 0.6) is 0 Å². The number of nitrogens with two attached hydrogens (primary N) is 1. The predicted molar refractivity (Wildman–Crippen MR) is 94.7 cm³/mol. The lowest BCUT2D eigenvalue weighted by Gasteiger charge is -2.22. The van der Waals surface area contributed by atoms with E-state index in [9.17, 15) is 18.8 Å². The second-order valence-electron chi connectivity index (χ2n) is 6.59. The van der Waals surface area contributed by atoms with Gasteiger partial charge in [-0.3, -0.25) is 14.4 Å². The van der Waals surface area contributed by atoms with Crippen molar-refractivity contribution in [2.75, 3.05) is 18.1 Å². The van der Waals surface area contributed by atoms with Crippen LogP contribution in [-0.4, -0.2) is 30.9 Å². The molecule has 6 nitrogen and oxygen atoms in total. The number of anilines is 1. The summed E-state index contributed by atoms with van der Waals surface area (Å²) >= 11 is 0. The Morgan fingerprint density at radius 1 is 1.12 bits per heavy atom. The molecular formula is C19H25FN2O4. The Morgan fingerprint density at radius 3 is 2.38 bits per heavy atom. The molecule has 7 heteroatoms. The maximum absolute atomic E-state index is 13.1. The van der Waals surface area contributed by atoms with Crippen LogP contribution < -0.4 is 10.6 Å². The highest BCUT2D eigenvalue weighted by Crippen LogP contribution is 2.28. The normalized spacial score (nSPS) is 14.2. The Kier molecular flexibility index (Phi) is 7.56. The molecule has 2 rings (SSSR count). The molecule has 2 amide bonds. The fourth-order valence-electron chi connectivity index (χ4n) is 3.15. The second-order valence-corrected chi connectivity index (χ2v) is 6.59. The van der Waals surface area contributed by atoms with E-state index in [-0.39, 0.29) is 13.0 Å². The molecule has 0 unspecified atom stereocenters. The molecule has 1 aliphatic carbocycles. The van der Waals surface area contributed by atoms with E-state index in [0.717, 1.165) is 19.3 Å². The van der Waals surface area contributed by atoms with Crippen LogP contribution in [-0.2, 0) is 19.1 Å². The third-order valence-electron chi connectivity index (χ3n) is 4.61. The third-order valence-corrected chi connectivity index (χ3v) is 4.61. The van der Waals surface area contributed by atoms with E-state index in [2.05, 4.69) is 0 Å². The van der Waals surface area contributed by atoms with Crippen molar-refractivity contribution in [1.29, 1.82) is 0 Å². The minimum Gasteiger partial charge on any atom is -0.456 e. The summed E-state index contributed by atoms with van der Waals surface area (Å²) in [6.07, 6.45) is 5.77. The number of rotatable bonds is 9. The number of amides is 2. The van der Waals surface area contributed by atoms with E-state index in [1.807, 2.05) is 0 Å². The lowest BCUT2D eigenvalue weighted by Crippen LogP contribution is -2.37. The van der Waals surface area contributed by atoms with Gasteiger partial charge in [0.25, 0.3) is 5.91 Å². The highest BCUT2D eigenvalue weighted by molar-refractivity contribution is 5.95.